The number of rotatable bonds is 3. The van der Waals surface area contributed by atoms with Crippen LogP contribution in [0, 0.1) is 6.92 Å². The highest BCUT2D eigenvalue weighted by Crippen LogP contribution is 2.33. The van der Waals surface area contributed by atoms with Crippen LogP contribution in [-0.2, 0) is 6.54 Å². The van der Waals surface area contributed by atoms with E-state index >= 15 is 0 Å². The highest BCUT2D eigenvalue weighted by molar-refractivity contribution is 6.16. The summed E-state index contributed by atoms with van der Waals surface area (Å²) in [6.45, 7) is 6.50. The number of benzene rings is 1. The molecule has 0 spiro atoms. The van der Waals surface area contributed by atoms with Crippen LogP contribution in [0.5, 0.6) is 0 Å². The number of hydrazine groups is 1. The lowest BCUT2D eigenvalue weighted by Gasteiger charge is -2.29. The van der Waals surface area contributed by atoms with E-state index in [1.165, 1.54) is 10.6 Å². The lowest BCUT2D eigenvalue weighted by Crippen LogP contribution is -2.36. The van der Waals surface area contributed by atoms with Crippen LogP contribution < -0.4 is 11.6 Å². The second kappa shape index (κ2) is 5.70. The summed E-state index contributed by atoms with van der Waals surface area (Å²) in [6, 6.07) is 9.67. The van der Waals surface area contributed by atoms with E-state index in [-0.39, 0.29) is 11.5 Å². The minimum absolute atomic E-state index is 0.114. The Hall–Kier alpha value is -2.92. The van der Waals surface area contributed by atoms with Crippen LogP contribution >= 0.6 is 0 Å². The molecule has 1 aromatic heterocycles. The van der Waals surface area contributed by atoms with Crippen LogP contribution in [0.3, 0.4) is 0 Å². The van der Waals surface area contributed by atoms with Crippen LogP contribution in [0.15, 0.2) is 60.7 Å². The Bertz CT molecular complexity index is 821. The summed E-state index contributed by atoms with van der Waals surface area (Å²) in [7, 11) is 0. The van der Waals surface area contributed by atoms with Gasteiger partial charge in [0.1, 0.15) is 5.70 Å². The lowest BCUT2D eigenvalue weighted by atomic mass is 9.89. The maximum Gasteiger partial charge on any atom is 0.211 e. The van der Waals surface area contributed by atoms with Crippen LogP contribution in [0.4, 0.5) is 0 Å². The quantitative estimate of drug-likeness (QED) is 0.670. The van der Waals surface area contributed by atoms with Crippen molar-refractivity contribution in [2.75, 3.05) is 0 Å². The lowest BCUT2D eigenvalue weighted by molar-refractivity contribution is 0.102. The molecule has 5 nitrogen and oxygen atoms in total. The number of aromatic nitrogens is 1. The molecule has 1 aromatic carbocycles. The molecule has 1 heterocycles. The molecule has 116 valence electrons. The van der Waals surface area contributed by atoms with E-state index in [4.69, 9.17) is 11.6 Å². The first-order valence-corrected chi connectivity index (χ1v) is 7.25. The summed E-state index contributed by atoms with van der Waals surface area (Å²) in [5.74, 6) is 5.93. The molecule has 0 fully saturated rings. The van der Waals surface area contributed by atoms with Crippen molar-refractivity contribution < 1.29 is 4.79 Å². The van der Waals surface area contributed by atoms with Crippen molar-refractivity contribution in [3.05, 3.63) is 83.0 Å². The van der Waals surface area contributed by atoms with Crippen molar-refractivity contribution in [3.8, 4) is 0 Å². The monoisotopic (exact) mass is 306 g/mol. The van der Waals surface area contributed by atoms with Gasteiger partial charge in [0.25, 0.3) is 0 Å². The van der Waals surface area contributed by atoms with Crippen LogP contribution in [0.2, 0.25) is 0 Å². The molecule has 0 saturated heterocycles. The Morgan fingerprint density at radius 2 is 1.87 bits per heavy atom. The summed E-state index contributed by atoms with van der Waals surface area (Å²) in [4.78, 5) is 16.5. The molecular formula is C18H18N4O. The molecule has 1 aliphatic rings. The topological polar surface area (TPSA) is 85.2 Å². The van der Waals surface area contributed by atoms with Crippen LogP contribution in [-0.4, -0.2) is 15.8 Å². The number of ketones is 1. The molecule has 2 aromatic rings. The summed E-state index contributed by atoms with van der Waals surface area (Å²) in [6.07, 6.45) is 3.18. The summed E-state index contributed by atoms with van der Waals surface area (Å²) >= 11 is 0. The van der Waals surface area contributed by atoms with Gasteiger partial charge < -0.3 is 10.7 Å². The number of nitrogens with two attached hydrogens (primary N) is 2. The zero-order valence-corrected chi connectivity index (χ0v) is 12.9. The van der Waals surface area contributed by atoms with Crippen molar-refractivity contribution in [1.29, 1.82) is 0 Å². The van der Waals surface area contributed by atoms with Crippen molar-refractivity contribution >= 4 is 11.4 Å². The van der Waals surface area contributed by atoms with Gasteiger partial charge in [-0.1, -0.05) is 36.4 Å². The largest absolute Gasteiger partial charge is 0.394 e. The standard InChI is InChI=1S/C18H18N4O/c1-11-3-5-13(6-4-11)10-22(20)17-12(2)15-9-21-8-7-14(15)18(23)16(17)19/h3-9H,2,10,19-20H2,1H3. The molecule has 0 unspecified atom stereocenters. The molecule has 4 N–H and O–H groups in total. The van der Waals surface area contributed by atoms with E-state index in [1.807, 2.05) is 31.2 Å². The SMILES string of the molecule is C=C1C(N(N)Cc2ccc(C)cc2)=C(N)C(=O)c2ccncc21. The molecule has 1 aliphatic carbocycles. The number of carbonyl (C=O) groups excluding carboxylic acids is 1. The number of Topliss-reactive ketones (excluding diaryl/α,β-unsaturated/α-hetero) is 1. The van der Waals surface area contributed by atoms with E-state index in [2.05, 4.69) is 11.6 Å². The third-order valence-electron chi connectivity index (χ3n) is 3.94. The number of fused-ring (bicyclic) bond motifs is 1. The smallest absolute Gasteiger partial charge is 0.211 e. The number of nitrogens with zero attached hydrogens (tertiary/aromatic N) is 2. The Kier molecular flexibility index (Phi) is 3.72. The van der Waals surface area contributed by atoms with Crippen LogP contribution in [0.25, 0.3) is 5.57 Å². The molecule has 3 rings (SSSR count). The summed E-state index contributed by atoms with van der Waals surface area (Å²) < 4.78 is 0. The number of hydrogen-bond donors (Lipinski definition) is 2. The Labute approximate surface area is 134 Å². The first-order valence-electron chi connectivity index (χ1n) is 7.25. The van der Waals surface area contributed by atoms with Gasteiger partial charge in [0, 0.05) is 29.1 Å². The summed E-state index contributed by atoms with van der Waals surface area (Å²) in [5, 5.41) is 1.47. The molecule has 0 saturated carbocycles. The predicted octanol–water partition coefficient (Wildman–Crippen LogP) is 2.15. The Morgan fingerprint density at radius 3 is 2.57 bits per heavy atom. The second-order valence-corrected chi connectivity index (χ2v) is 5.60. The minimum atomic E-state index is -0.246. The van der Waals surface area contributed by atoms with Gasteiger partial charge in [0.05, 0.1) is 12.2 Å². The normalized spacial score (nSPS) is 14.0. The van der Waals surface area contributed by atoms with Crippen LogP contribution in [0.1, 0.15) is 27.0 Å². The second-order valence-electron chi connectivity index (χ2n) is 5.60. The van der Waals surface area contributed by atoms with Gasteiger partial charge in [0.2, 0.25) is 5.78 Å². The zero-order valence-electron chi connectivity index (χ0n) is 12.9. The van der Waals surface area contributed by atoms with E-state index in [1.54, 1.807) is 18.5 Å². The van der Waals surface area contributed by atoms with Gasteiger partial charge in [-0.05, 0) is 18.6 Å². The highest BCUT2D eigenvalue weighted by atomic mass is 16.1. The third-order valence-corrected chi connectivity index (χ3v) is 3.94. The van der Waals surface area contributed by atoms with Gasteiger partial charge in [-0.3, -0.25) is 9.78 Å². The Morgan fingerprint density at radius 1 is 1.17 bits per heavy atom. The summed E-state index contributed by atoms with van der Waals surface area (Å²) in [5.41, 5.74) is 10.6. The van der Waals surface area contributed by atoms with Crippen molar-refractivity contribution in [2.45, 2.75) is 13.5 Å². The van der Waals surface area contributed by atoms with Gasteiger partial charge in [-0.15, -0.1) is 0 Å². The van der Waals surface area contributed by atoms with E-state index in [0.717, 1.165) is 5.56 Å². The van der Waals surface area contributed by atoms with E-state index < -0.39 is 0 Å². The number of pyridine rings is 1. The zero-order chi connectivity index (χ0) is 16.6. The van der Waals surface area contributed by atoms with E-state index in [9.17, 15) is 4.79 Å². The first-order chi connectivity index (χ1) is 11.0. The van der Waals surface area contributed by atoms with Crippen molar-refractivity contribution in [3.63, 3.8) is 0 Å². The van der Waals surface area contributed by atoms with Crippen molar-refractivity contribution in [1.82, 2.24) is 9.99 Å². The molecular weight excluding hydrogens is 288 g/mol. The Balaban J connectivity index is 1.95. The maximum atomic E-state index is 12.4. The van der Waals surface area contributed by atoms with Gasteiger partial charge in [-0.25, -0.2) is 5.84 Å². The molecule has 0 amide bonds. The third kappa shape index (κ3) is 2.62. The average molecular weight is 306 g/mol. The number of carbonyl (C=O) groups is 1. The van der Waals surface area contributed by atoms with Gasteiger partial charge in [0.15, 0.2) is 0 Å². The number of hydrogen-bond acceptors (Lipinski definition) is 5. The molecule has 0 bridgehead atoms. The molecule has 23 heavy (non-hydrogen) atoms. The average Bonchev–Trinajstić information content (AvgIpc) is 2.55. The number of aryl methyl sites for hydroxylation is 1. The molecule has 5 heteroatoms. The highest BCUT2D eigenvalue weighted by Gasteiger charge is 2.29. The molecule has 0 radical (unpaired) electrons. The molecule has 0 atom stereocenters. The molecule has 0 aliphatic heterocycles. The van der Waals surface area contributed by atoms with Gasteiger partial charge >= 0.3 is 0 Å². The fourth-order valence-electron chi connectivity index (χ4n) is 2.67. The van der Waals surface area contributed by atoms with Gasteiger partial charge in [-0.2, -0.15) is 0 Å². The minimum Gasteiger partial charge on any atom is -0.394 e. The maximum absolute atomic E-state index is 12.4. The first kappa shape index (κ1) is 15.0. The van der Waals surface area contributed by atoms with E-state index in [0.29, 0.717) is 28.9 Å². The number of allylic oxidation sites excluding steroid dienone is 2. The predicted molar refractivity (Wildman–Crippen MR) is 89.7 cm³/mol. The fraction of sp³-hybridized carbons (Fsp3) is 0.111. The van der Waals surface area contributed by atoms with Crippen molar-refractivity contribution in [2.24, 2.45) is 11.6 Å². The fourth-order valence-corrected chi connectivity index (χ4v) is 2.67.